The summed E-state index contributed by atoms with van der Waals surface area (Å²) in [5.74, 6) is 0. The predicted octanol–water partition coefficient (Wildman–Crippen LogP) is 4.77. The fraction of sp³-hybridized carbons (Fsp3) is 0.591. The first-order chi connectivity index (χ1) is 12.3. The van der Waals surface area contributed by atoms with Crippen molar-refractivity contribution in [1.29, 1.82) is 0 Å². The molecule has 1 aromatic carbocycles. The van der Waals surface area contributed by atoms with E-state index in [9.17, 15) is 9.90 Å². The Morgan fingerprint density at radius 1 is 1.23 bits per heavy atom. The van der Waals surface area contributed by atoms with Crippen LogP contribution in [0.15, 0.2) is 36.4 Å². The van der Waals surface area contributed by atoms with Gasteiger partial charge < -0.3 is 14.7 Å². The van der Waals surface area contributed by atoms with Gasteiger partial charge >= 0.3 is 6.09 Å². The Kier molecular flexibility index (Phi) is 5.42. The molecular weight excluding hydrogens is 326 g/mol. The number of ether oxygens (including phenoxy) is 1. The number of benzene rings is 1. The number of amides is 1. The first-order valence-corrected chi connectivity index (χ1v) is 9.71. The van der Waals surface area contributed by atoms with Crippen LogP contribution in [0, 0.1) is 0 Å². The summed E-state index contributed by atoms with van der Waals surface area (Å²) in [6, 6.07) is 10.3. The molecule has 2 aliphatic rings. The monoisotopic (exact) mass is 357 g/mol. The van der Waals surface area contributed by atoms with Gasteiger partial charge in [0.25, 0.3) is 0 Å². The molecule has 4 nitrogen and oxygen atoms in total. The van der Waals surface area contributed by atoms with E-state index in [1.807, 2.05) is 43.9 Å². The molecule has 26 heavy (non-hydrogen) atoms. The van der Waals surface area contributed by atoms with Crippen LogP contribution in [-0.2, 0) is 4.74 Å². The average molecular weight is 357 g/mol. The second kappa shape index (κ2) is 7.43. The summed E-state index contributed by atoms with van der Waals surface area (Å²) in [6.45, 7) is 5.69. The zero-order valence-electron chi connectivity index (χ0n) is 16.1. The van der Waals surface area contributed by atoms with Gasteiger partial charge in [0, 0.05) is 12.1 Å². The van der Waals surface area contributed by atoms with Gasteiger partial charge in [0.2, 0.25) is 0 Å². The maximum Gasteiger partial charge on any atom is 0.410 e. The summed E-state index contributed by atoms with van der Waals surface area (Å²) in [4.78, 5) is 14.6. The summed E-state index contributed by atoms with van der Waals surface area (Å²) >= 11 is 0. The molecule has 2 atom stereocenters. The van der Waals surface area contributed by atoms with Crippen LogP contribution in [0.5, 0.6) is 0 Å². The Labute approximate surface area is 156 Å². The van der Waals surface area contributed by atoms with Crippen LogP contribution in [0.25, 0.3) is 6.08 Å². The van der Waals surface area contributed by atoms with Crippen molar-refractivity contribution in [2.45, 2.75) is 82.6 Å². The summed E-state index contributed by atoms with van der Waals surface area (Å²) < 4.78 is 5.61. The van der Waals surface area contributed by atoms with Crippen molar-refractivity contribution in [3.63, 3.8) is 0 Å². The van der Waals surface area contributed by atoms with Gasteiger partial charge in [-0.25, -0.2) is 4.79 Å². The highest BCUT2D eigenvalue weighted by Gasteiger charge is 2.47. The summed E-state index contributed by atoms with van der Waals surface area (Å²) in [6.07, 6.45) is 8.78. The Hall–Kier alpha value is -1.81. The van der Waals surface area contributed by atoms with Crippen molar-refractivity contribution in [2.24, 2.45) is 0 Å². The Morgan fingerprint density at radius 2 is 1.85 bits per heavy atom. The van der Waals surface area contributed by atoms with E-state index in [0.717, 1.165) is 24.8 Å². The van der Waals surface area contributed by atoms with E-state index in [1.165, 1.54) is 0 Å². The van der Waals surface area contributed by atoms with Crippen LogP contribution in [0.4, 0.5) is 4.79 Å². The van der Waals surface area contributed by atoms with Crippen molar-refractivity contribution < 1.29 is 14.6 Å². The maximum atomic E-state index is 12.6. The van der Waals surface area contributed by atoms with Crippen LogP contribution in [-0.4, -0.2) is 39.4 Å². The van der Waals surface area contributed by atoms with Crippen molar-refractivity contribution in [3.05, 3.63) is 42.0 Å². The van der Waals surface area contributed by atoms with Crippen molar-refractivity contribution in [3.8, 4) is 0 Å². The molecule has 2 fully saturated rings. The molecule has 2 bridgehead atoms. The van der Waals surface area contributed by atoms with Crippen molar-refractivity contribution >= 4 is 12.2 Å². The molecule has 1 aromatic rings. The van der Waals surface area contributed by atoms with Gasteiger partial charge in [-0.2, -0.15) is 0 Å². The Bertz CT molecular complexity index is 633. The number of hydrogen-bond donors (Lipinski definition) is 1. The quantitative estimate of drug-likeness (QED) is 0.847. The first kappa shape index (κ1) is 19.0. The molecular formula is C22H31NO3. The lowest BCUT2D eigenvalue weighted by molar-refractivity contribution is -0.0907. The Balaban J connectivity index is 1.66. The minimum Gasteiger partial charge on any atom is -0.444 e. The molecule has 3 rings (SSSR count). The minimum absolute atomic E-state index is 0.0764. The molecule has 142 valence electrons. The average Bonchev–Trinajstić information content (AvgIpc) is 2.53. The topological polar surface area (TPSA) is 49.8 Å². The van der Waals surface area contributed by atoms with Crippen molar-refractivity contribution in [1.82, 2.24) is 4.90 Å². The third-order valence-electron chi connectivity index (χ3n) is 5.30. The normalized spacial score (nSPS) is 29.0. The molecule has 0 saturated carbocycles. The summed E-state index contributed by atoms with van der Waals surface area (Å²) in [5, 5.41) is 11.2. The van der Waals surface area contributed by atoms with Gasteiger partial charge in [0.05, 0.1) is 5.60 Å². The first-order valence-electron chi connectivity index (χ1n) is 9.71. The number of carbonyl (C=O) groups is 1. The van der Waals surface area contributed by atoms with E-state index in [-0.39, 0.29) is 18.2 Å². The predicted molar refractivity (Wildman–Crippen MR) is 104 cm³/mol. The minimum atomic E-state index is -0.737. The third kappa shape index (κ3) is 4.67. The molecule has 4 heteroatoms. The molecule has 1 N–H and O–H groups in total. The lowest BCUT2D eigenvalue weighted by Gasteiger charge is -2.51. The molecule has 2 aliphatic heterocycles. The second-order valence-corrected chi connectivity index (χ2v) is 8.78. The zero-order chi connectivity index (χ0) is 18.8. The smallest absolute Gasteiger partial charge is 0.410 e. The fourth-order valence-electron chi connectivity index (χ4n) is 4.28. The van der Waals surface area contributed by atoms with E-state index in [0.29, 0.717) is 19.3 Å². The summed E-state index contributed by atoms with van der Waals surface area (Å²) in [5.41, 5.74) is -0.0839. The second-order valence-electron chi connectivity index (χ2n) is 8.78. The summed E-state index contributed by atoms with van der Waals surface area (Å²) in [7, 11) is 0. The lowest BCUT2D eigenvalue weighted by atomic mass is 9.74. The lowest BCUT2D eigenvalue weighted by Crippen LogP contribution is -2.60. The van der Waals surface area contributed by atoms with Gasteiger partial charge in [-0.3, -0.25) is 0 Å². The zero-order valence-corrected chi connectivity index (χ0v) is 16.1. The highest BCUT2D eigenvalue weighted by molar-refractivity contribution is 5.69. The van der Waals surface area contributed by atoms with Crippen molar-refractivity contribution in [2.75, 3.05) is 0 Å². The van der Waals surface area contributed by atoms with Crippen LogP contribution in [0.3, 0.4) is 0 Å². The fourth-order valence-corrected chi connectivity index (χ4v) is 4.28. The molecule has 0 aliphatic carbocycles. The van der Waals surface area contributed by atoms with Crippen LogP contribution in [0.1, 0.15) is 64.9 Å². The number of nitrogens with zero attached hydrogens (tertiary/aromatic N) is 1. The number of hydrogen-bond acceptors (Lipinski definition) is 3. The van der Waals surface area contributed by atoms with Gasteiger partial charge in [0.1, 0.15) is 5.60 Å². The standard InChI is InChI=1S/C22H31NO3/c1-21(2,3)26-20(24)23-18-12-7-13-19(23)16-22(25,15-18)14-8-11-17-9-5-4-6-10-17/h4-6,8-11,18-19,25H,7,12-16H2,1-3H3/b11-8+. The van der Waals surface area contributed by atoms with Crippen LogP contribution in [0.2, 0.25) is 0 Å². The number of carbonyl (C=O) groups excluding carboxylic acids is 1. The molecule has 0 radical (unpaired) electrons. The SMILES string of the molecule is CC(C)(C)OC(=O)N1C2CCCC1CC(O)(C/C=C/c1ccccc1)C2. The van der Waals surface area contributed by atoms with E-state index in [1.54, 1.807) is 0 Å². The molecule has 0 spiro atoms. The number of aliphatic hydroxyl groups is 1. The van der Waals surface area contributed by atoms with E-state index in [4.69, 9.17) is 4.74 Å². The van der Waals surface area contributed by atoms with Crippen LogP contribution >= 0.6 is 0 Å². The number of rotatable bonds is 3. The maximum absolute atomic E-state index is 12.6. The molecule has 0 aromatic heterocycles. The molecule has 2 heterocycles. The van der Waals surface area contributed by atoms with Gasteiger partial charge in [-0.15, -0.1) is 0 Å². The van der Waals surface area contributed by atoms with E-state index in [2.05, 4.69) is 24.3 Å². The molecule has 2 unspecified atom stereocenters. The van der Waals surface area contributed by atoms with E-state index < -0.39 is 11.2 Å². The Morgan fingerprint density at radius 3 is 2.42 bits per heavy atom. The third-order valence-corrected chi connectivity index (χ3v) is 5.30. The largest absolute Gasteiger partial charge is 0.444 e. The number of fused-ring (bicyclic) bond motifs is 2. The van der Waals surface area contributed by atoms with E-state index >= 15 is 0 Å². The van der Waals surface area contributed by atoms with Gasteiger partial charge in [-0.05, 0) is 64.9 Å². The molecule has 2 saturated heterocycles. The number of piperidine rings is 2. The highest BCUT2D eigenvalue weighted by Crippen LogP contribution is 2.41. The van der Waals surface area contributed by atoms with Gasteiger partial charge in [-0.1, -0.05) is 42.5 Å². The van der Waals surface area contributed by atoms with Crippen LogP contribution < -0.4 is 0 Å². The van der Waals surface area contributed by atoms with Gasteiger partial charge in [0.15, 0.2) is 0 Å². The molecule has 1 amide bonds. The highest BCUT2D eigenvalue weighted by atomic mass is 16.6.